The molecule has 0 amide bonds. The molecule has 0 radical (unpaired) electrons. The van der Waals surface area contributed by atoms with Crippen molar-refractivity contribution < 1.29 is 13.6 Å². The van der Waals surface area contributed by atoms with Crippen molar-refractivity contribution in [1.82, 2.24) is 0 Å². The summed E-state index contributed by atoms with van der Waals surface area (Å²) in [5.41, 5.74) is 7.84. The first-order valence-corrected chi connectivity index (χ1v) is 11.4. The van der Waals surface area contributed by atoms with Crippen molar-refractivity contribution in [2.75, 3.05) is 13.2 Å². The summed E-state index contributed by atoms with van der Waals surface area (Å²) in [5.74, 6) is 0. The summed E-state index contributed by atoms with van der Waals surface area (Å²) in [5, 5.41) is 0. The zero-order chi connectivity index (χ0) is 16.0. The average molecular weight is 318 g/mol. The van der Waals surface area contributed by atoms with Crippen LogP contribution in [0.3, 0.4) is 0 Å². The van der Waals surface area contributed by atoms with E-state index in [1.54, 1.807) is 0 Å². The maximum absolute atomic E-state index is 12.5. The van der Waals surface area contributed by atoms with Crippen LogP contribution in [0.4, 0.5) is 0 Å². The molecule has 0 atom stereocenters. The van der Waals surface area contributed by atoms with E-state index >= 15 is 0 Å². The smallest absolute Gasteiger partial charge is 0.300 e. The maximum Gasteiger partial charge on any atom is 0.404 e. The summed E-state index contributed by atoms with van der Waals surface area (Å²) in [7, 11) is -5.15. The molecule has 0 bridgehead atoms. The number of rotatable bonds is 7. The van der Waals surface area contributed by atoms with Gasteiger partial charge in [-0.25, -0.2) is 4.57 Å². The molecule has 20 heavy (non-hydrogen) atoms. The van der Waals surface area contributed by atoms with E-state index in [0.717, 1.165) is 0 Å². The van der Waals surface area contributed by atoms with Crippen LogP contribution in [0.1, 0.15) is 55.4 Å². The Morgan fingerprint density at radius 1 is 0.900 bits per heavy atom. The summed E-state index contributed by atoms with van der Waals surface area (Å²) in [4.78, 5) is 0. The molecule has 0 N–H and O–H groups in total. The minimum absolute atomic E-state index is 0.353. The van der Waals surface area contributed by atoms with Gasteiger partial charge in [-0.15, -0.1) is 5.54 Å². The monoisotopic (exact) mass is 318 g/mol. The van der Waals surface area contributed by atoms with Gasteiger partial charge in [0.15, 0.2) is 0 Å². The van der Waals surface area contributed by atoms with E-state index in [1.165, 1.54) is 0 Å². The average Bonchev–Trinajstić information content (AvgIpc) is 2.28. The van der Waals surface area contributed by atoms with Gasteiger partial charge in [-0.1, -0.05) is 41.5 Å². The standard InChI is InChI=1S/C15H31O3PSi/c1-9-17-19(16,18-10-2)11-12-20(13(3)4,14(5)6)15(7)8/h13-15H,9-10H2,1-8H3. The number of hydrogen-bond donors (Lipinski definition) is 0. The quantitative estimate of drug-likeness (QED) is 0.356. The number of hydrogen-bond acceptors (Lipinski definition) is 3. The van der Waals surface area contributed by atoms with Gasteiger partial charge in [-0.05, 0) is 30.5 Å². The lowest BCUT2D eigenvalue weighted by Crippen LogP contribution is -2.43. The van der Waals surface area contributed by atoms with E-state index in [2.05, 4.69) is 52.7 Å². The van der Waals surface area contributed by atoms with Gasteiger partial charge in [0, 0.05) is 5.66 Å². The molecule has 0 aromatic heterocycles. The third-order valence-corrected chi connectivity index (χ3v) is 12.0. The first-order valence-electron chi connectivity index (χ1n) is 7.59. The van der Waals surface area contributed by atoms with Crippen LogP contribution in [0.15, 0.2) is 0 Å². The molecule has 118 valence electrons. The zero-order valence-electron chi connectivity index (χ0n) is 14.3. The van der Waals surface area contributed by atoms with Crippen molar-refractivity contribution >= 4 is 15.7 Å². The predicted octanol–water partition coefficient (Wildman–Crippen LogP) is 5.43. The van der Waals surface area contributed by atoms with Crippen LogP contribution >= 0.6 is 7.60 Å². The van der Waals surface area contributed by atoms with E-state index < -0.39 is 15.7 Å². The normalized spacial score (nSPS) is 12.9. The lowest BCUT2D eigenvalue weighted by Gasteiger charge is -2.38. The summed E-state index contributed by atoms with van der Waals surface area (Å²) < 4.78 is 23.1. The molecular formula is C15H31O3PSi. The lowest BCUT2D eigenvalue weighted by atomic mass is 10.5. The Kier molecular flexibility index (Phi) is 8.36. The van der Waals surface area contributed by atoms with E-state index in [9.17, 15) is 4.57 Å². The van der Waals surface area contributed by atoms with Crippen molar-refractivity contribution in [2.24, 2.45) is 0 Å². The molecule has 0 rings (SSSR count). The van der Waals surface area contributed by atoms with Crippen molar-refractivity contribution in [1.29, 1.82) is 0 Å². The molecule has 0 saturated heterocycles. The largest absolute Gasteiger partial charge is 0.404 e. The molecule has 0 aliphatic heterocycles. The second-order valence-electron chi connectivity index (χ2n) is 5.97. The molecule has 0 aromatic carbocycles. The lowest BCUT2D eigenvalue weighted by molar-refractivity contribution is 0.230. The Hall–Kier alpha value is -0.0731. The molecule has 0 aromatic rings. The maximum atomic E-state index is 12.5. The molecule has 0 saturated carbocycles. The Morgan fingerprint density at radius 2 is 1.25 bits per heavy atom. The van der Waals surface area contributed by atoms with Gasteiger partial charge in [-0.3, -0.25) is 9.05 Å². The highest BCUT2D eigenvalue weighted by molar-refractivity contribution is 7.59. The van der Waals surface area contributed by atoms with Crippen LogP contribution in [0.2, 0.25) is 16.6 Å². The topological polar surface area (TPSA) is 35.5 Å². The van der Waals surface area contributed by atoms with Crippen LogP contribution < -0.4 is 0 Å². The molecule has 0 aliphatic carbocycles. The molecule has 3 nitrogen and oxygen atoms in total. The highest BCUT2D eigenvalue weighted by Crippen LogP contribution is 2.48. The summed E-state index contributed by atoms with van der Waals surface area (Å²) >= 11 is 0. The highest BCUT2D eigenvalue weighted by atomic mass is 31.2. The van der Waals surface area contributed by atoms with Crippen molar-refractivity contribution in [3.63, 3.8) is 0 Å². The molecule has 0 heterocycles. The van der Waals surface area contributed by atoms with Gasteiger partial charge in [0.05, 0.1) is 13.2 Å². The predicted molar refractivity (Wildman–Crippen MR) is 89.7 cm³/mol. The molecular weight excluding hydrogens is 287 g/mol. The van der Waals surface area contributed by atoms with Gasteiger partial charge in [0.25, 0.3) is 0 Å². The third kappa shape index (κ3) is 4.74. The van der Waals surface area contributed by atoms with Gasteiger partial charge in [0.1, 0.15) is 8.07 Å². The van der Waals surface area contributed by atoms with E-state index in [0.29, 0.717) is 29.8 Å². The van der Waals surface area contributed by atoms with Crippen LogP contribution in [0, 0.1) is 11.2 Å². The molecule has 0 unspecified atom stereocenters. The Labute approximate surface area is 126 Å². The van der Waals surface area contributed by atoms with Gasteiger partial charge in [-0.2, -0.15) is 0 Å². The molecule has 0 fully saturated rings. The Bertz CT molecular complexity index is 362. The fraction of sp³-hybridized carbons (Fsp3) is 0.867. The van der Waals surface area contributed by atoms with E-state index in [-0.39, 0.29) is 0 Å². The Morgan fingerprint density at radius 3 is 1.50 bits per heavy atom. The van der Waals surface area contributed by atoms with E-state index in [1.807, 2.05) is 13.8 Å². The second-order valence-corrected chi connectivity index (χ2v) is 13.3. The van der Waals surface area contributed by atoms with Gasteiger partial charge in [0.2, 0.25) is 0 Å². The van der Waals surface area contributed by atoms with Crippen LogP contribution in [0.5, 0.6) is 0 Å². The first-order chi connectivity index (χ1) is 9.16. The minimum Gasteiger partial charge on any atom is -0.300 e. The zero-order valence-corrected chi connectivity index (χ0v) is 16.2. The molecule has 0 spiro atoms. The minimum atomic E-state index is -3.26. The van der Waals surface area contributed by atoms with Crippen LogP contribution in [-0.4, -0.2) is 21.3 Å². The Balaban J connectivity index is 5.68. The molecule has 0 aliphatic rings. The fourth-order valence-corrected chi connectivity index (χ4v) is 10.1. The summed E-state index contributed by atoms with van der Waals surface area (Å²) in [6.07, 6.45) is 0. The van der Waals surface area contributed by atoms with E-state index in [4.69, 9.17) is 9.05 Å². The van der Waals surface area contributed by atoms with Gasteiger partial charge < -0.3 is 0 Å². The highest BCUT2D eigenvalue weighted by Gasteiger charge is 2.42. The van der Waals surface area contributed by atoms with Crippen LogP contribution in [0.25, 0.3) is 0 Å². The summed E-state index contributed by atoms with van der Waals surface area (Å²) in [6.45, 7) is 17.7. The third-order valence-electron chi connectivity index (χ3n) is 3.87. The van der Waals surface area contributed by atoms with Crippen LogP contribution in [-0.2, 0) is 13.6 Å². The SMILES string of the molecule is CCOP(=O)(C#C[Si](C(C)C)(C(C)C)C(C)C)OCC. The summed E-state index contributed by atoms with van der Waals surface area (Å²) in [6, 6.07) is 0. The van der Waals surface area contributed by atoms with Crippen molar-refractivity contribution in [3.05, 3.63) is 0 Å². The fourth-order valence-electron chi connectivity index (χ4n) is 3.04. The van der Waals surface area contributed by atoms with Gasteiger partial charge >= 0.3 is 7.60 Å². The van der Waals surface area contributed by atoms with Crippen molar-refractivity contribution in [3.8, 4) is 11.2 Å². The second kappa shape index (κ2) is 8.39. The molecule has 5 heteroatoms. The van der Waals surface area contributed by atoms with Crippen molar-refractivity contribution in [2.45, 2.75) is 72.0 Å². The first kappa shape index (κ1) is 19.9.